The van der Waals surface area contributed by atoms with E-state index >= 15 is 0 Å². The molecular weight excluding hydrogens is 158 g/mol. The Hall–Kier alpha value is -0.900. The van der Waals surface area contributed by atoms with Crippen molar-refractivity contribution in [2.75, 3.05) is 0 Å². The second kappa shape index (κ2) is 3.67. The predicted octanol–water partition coefficient (Wildman–Crippen LogP) is 0.497. The van der Waals surface area contributed by atoms with E-state index in [2.05, 4.69) is 0 Å². The number of hydrogen-bond acceptors (Lipinski definition) is 3. The smallest absolute Gasteiger partial charge is 0.246 e. The van der Waals surface area contributed by atoms with Crippen molar-refractivity contribution < 1.29 is 14.8 Å². The maximum absolute atomic E-state index is 11.0. The Morgan fingerprint density at radius 1 is 1.67 bits per heavy atom. The molecule has 0 aromatic rings. The molecule has 12 heavy (non-hydrogen) atoms. The molecule has 0 bridgehead atoms. The van der Waals surface area contributed by atoms with Gasteiger partial charge in [-0.25, -0.2) is 5.48 Å². The van der Waals surface area contributed by atoms with Gasteiger partial charge in [-0.3, -0.25) is 14.8 Å². The topological polar surface area (TPSA) is 66.4 Å². The number of carbonyl (C=O) groups is 2. The van der Waals surface area contributed by atoms with Crippen LogP contribution in [-0.2, 0) is 9.59 Å². The average Bonchev–Trinajstić information content (AvgIpc) is 2.03. The monoisotopic (exact) mass is 171 g/mol. The summed E-state index contributed by atoms with van der Waals surface area (Å²) in [5, 5.41) is 8.39. The molecule has 2 atom stereocenters. The molecule has 0 aliphatic heterocycles. The van der Waals surface area contributed by atoms with Gasteiger partial charge in [0.25, 0.3) is 0 Å². The highest BCUT2D eigenvalue weighted by Crippen LogP contribution is 2.27. The van der Waals surface area contributed by atoms with Gasteiger partial charge in [-0.1, -0.05) is 6.92 Å². The van der Waals surface area contributed by atoms with Crippen molar-refractivity contribution in [2.45, 2.75) is 26.2 Å². The maximum atomic E-state index is 11.0. The Labute approximate surface area is 70.9 Å². The fraction of sp³-hybridized carbons (Fsp3) is 0.750. The van der Waals surface area contributed by atoms with Crippen LogP contribution < -0.4 is 5.48 Å². The number of Topliss-reactive ketones (excluding diaryl/α,β-unsaturated/α-hetero) is 1. The molecule has 1 rings (SSSR count). The van der Waals surface area contributed by atoms with Gasteiger partial charge in [0, 0.05) is 18.8 Å². The normalized spacial score (nSPS) is 30.0. The number of nitrogens with one attached hydrogen (secondary N) is 1. The molecule has 1 fully saturated rings. The molecule has 0 saturated heterocycles. The van der Waals surface area contributed by atoms with E-state index in [0.717, 1.165) is 0 Å². The third-order valence-corrected chi connectivity index (χ3v) is 2.42. The number of rotatable bonds is 1. The lowest BCUT2D eigenvalue weighted by atomic mass is 9.79. The zero-order chi connectivity index (χ0) is 9.14. The Balaban J connectivity index is 2.56. The zero-order valence-corrected chi connectivity index (χ0v) is 7.04. The number of amides is 1. The van der Waals surface area contributed by atoms with E-state index in [4.69, 9.17) is 5.21 Å². The third kappa shape index (κ3) is 1.82. The van der Waals surface area contributed by atoms with Gasteiger partial charge in [-0.2, -0.15) is 0 Å². The molecule has 0 heterocycles. The number of hydroxylamine groups is 1. The van der Waals surface area contributed by atoms with Gasteiger partial charge in [0.2, 0.25) is 5.91 Å². The van der Waals surface area contributed by atoms with Gasteiger partial charge in [0.1, 0.15) is 5.78 Å². The molecule has 1 aliphatic carbocycles. The summed E-state index contributed by atoms with van der Waals surface area (Å²) in [7, 11) is 0. The van der Waals surface area contributed by atoms with Gasteiger partial charge < -0.3 is 0 Å². The quantitative estimate of drug-likeness (QED) is 0.446. The fourth-order valence-corrected chi connectivity index (χ4v) is 1.68. The van der Waals surface area contributed by atoms with Crippen LogP contribution in [0.4, 0.5) is 0 Å². The molecule has 0 aromatic carbocycles. The summed E-state index contributed by atoms with van der Waals surface area (Å²) in [4.78, 5) is 21.9. The van der Waals surface area contributed by atoms with Crippen LogP contribution >= 0.6 is 0 Å². The van der Waals surface area contributed by atoms with Crippen LogP contribution in [0.2, 0.25) is 0 Å². The zero-order valence-electron chi connectivity index (χ0n) is 7.04. The highest BCUT2D eigenvalue weighted by atomic mass is 16.5. The third-order valence-electron chi connectivity index (χ3n) is 2.42. The van der Waals surface area contributed by atoms with Crippen molar-refractivity contribution in [2.24, 2.45) is 11.8 Å². The van der Waals surface area contributed by atoms with E-state index in [1.54, 1.807) is 5.48 Å². The van der Waals surface area contributed by atoms with Crippen LogP contribution in [0.3, 0.4) is 0 Å². The molecule has 4 nitrogen and oxygen atoms in total. The number of ketones is 1. The first-order chi connectivity index (χ1) is 5.65. The lowest BCUT2D eigenvalue weighted by molar-refractivity contribution is -0.137. The minimum Gasteiger partial charge on any atom is -0.300 e. The molecule has 2 unspecified atom stereocenters. The minimum absolute atomic E-state index is 0.0541. The van der Waals surface area contributed by atoms with Gasteiger partial charge in [-0.05, 0) is 12.3 Å². The number of carbonyl (C=O) groups excluding carboxylic acids is 2. The number of hydrogen-bond donors (Lipinski definition) is 2. The summed E-state index contributed by atoms with van der Waals surface area (Å²) in [6.45, 7) is 1.86. The average molecular weight is 171 g/mol. The lowest BCUT2D eigenvalue weighted by Gasteiger charge is -2.25. The van der Waals surface area contributed by atoms with Gasteiger partial charge in [-0.15, -0.1) is 0 Å². The van der Waals surface area contributed by atoms with E-state index in [-0.39, 0.29) is 23.5 Å². The summed E-state index contributed by atoms with van der Waals surface area (Å²) in [6, 6.07) is 0. The summed E-state index contributed by atoms with van der Waals surface area (Å²) in [5.74, 6) is -0.300. The van der Waals surface area contributed by atoms with Crippen molar-refractivity contribution >= 4 is 11.7 Å². The SMILES string of the molecule is CC1CC(=O)CCC1C(=O)NO. The second-order valence-electron chi connectivity index (χ2n) is 3.34. The van der Waals surface area contributed by atoms with Crippen molar-refractivity contribution in [1.29, 1.82) is 0 Å². The van der Waals surface area contributed by atoms with Crippen molar-refractivity contribution in [3.8, 4) is 0 Å². The van der Waals surface area contributed by atoms with Crippen LogP contribution in [0.15, 0.2) is 0 Å². The van der Waals surface area contributed by atoms with Crippen molar-refractivity contribution in [1.82, 2.24) is 5.48 Å². The summed E-state index contributed by atoms with van der Waals surface area (Å²) in [5.41, 5.74) is 1.63. The Morgan fingerprint density at radius 2 is 2.33 bits per heavy atom. The second-order valence-corrected chi connectivity index (χ2v) is 3.34. The van der Waals surface area contributed by atoms with Crippen LogP contribution in [0, 0.1) is 11.8 Å². The van der Waals surface area contributed by atoms with Crippen LogP contribution in [-0.4, -0.2) is 16.9 Å². The molecule has 1 amide bonds. The van der Waals surface area contributed by atoms with E-state index in [0.29, 0.717) is 19.3 Å². The fourth-order valence-electron chi connectivity index (χ4n) is 1.68. The first-order valence-corrected chi connectivity index (χ1v) is 4.10. The van der Waals surface area contributed by atoms with Crippen LogP contribution in [0.25, 0.3) is 0 Å². The standard InChI is InChI=1S/C8H13NO3/c1-5-4-6(10)2-3-7(5)8(11)9-12/h5,7,12H,2-4H2,1H3,(H,9,11). The molecule has 0 radical (unpaired) electrons. The maximum Gasteiger partial charge on any atom is 0.246 e. The Bertz CT molecular complexity index is 202. The van der Waals surface area contributed by atoms with Crippen LogP contribution in [0.1, 0.15) is 26.2 Å². The lowest BCUT2D eigenvalue weighted by Crippen LogP contribution is -2.36. The summed E-state index contributed by atoms with van der Waals surface area (Å²) < 4.78 is 0. The molecule has 1 aliphatic rings. The van der Waals surface area contributed by atoms with Crippen molar-refractivity contribution in [3.05, 3.63) is 0 Å². The minimum atomic E-state index is -0.366. The van der Waals surface area contributed by atoms with E-state index < -0.39 is 0 Å². The molecule has 4 heteroatoms. The first-order valence-electron chi connectivity index (χ1n) is 4.10. The molecular formula is C8H13NO3. The largest absolute Gasteiger partial charge is 0.300 e. The van der Waals surface area contributed by atoms with Gasteiger partial charge in [0.15, 0.2) is 0 Å². The van der Waals surface area contributed by atoms with Gasteiger partial charge >= 0.3 is 0 Å². The van der Waals surface area contributed by atoms with E-state index in [1.807, 2.05) is 6.92 Å². The molecule has 2 N–H and O–H groups in total. The molecule has 68 valence electrons. The molecule has 0 aromatic heterocycles. The summed E-state index contributed by atoms with van der Waals surface area (Å²) >= 11 is 0. The van der Waals surface area contributed by atoms with E-state index in [1.165, 1.54) is 0 Å². The highest BCUT2D eigenvalue weighted by Gasteiger charge is 2.30. The van der Waals surface area contributed by atoms with E-state index in [9.17, 15) is 9.59 Å². The molecule has 0 spiro atoms. The Kier molecular flexibility index (Phi) is 2.81. The first kappa shape index (κ1) is 9.19. The van der Waals surface area contributed by atoms with Crippen molar-refractivity contribution in [3.63, 3.8) is 0 Å². The summed E-state index contributed by atoms with van der Waals surface area (Å²) in [6.07, 6.45) is 1.48. The Morgan fingerprint density at radius 3 is 2.83 bits per heavy atom. The highest BCUT2D eigenvalue weighted by molar-refractivity contribution is 5.84. The van der Waals surface area contributed by atoms with Gasteiger partial charge in [0.05, 0.1) is 0 Å². The molecule has 1 saturated carbocycles. The van der Waals surface area contributed by atoms with Crippen LogP contribution in [0.5, 0.6) is 0 Å². The predicted molar refractivity (Wildman–Crippen MR) is 41.4 cm³/mol.